The molecule has 12 rings (SSSR count). The molecule has 38 N–H and O–H groups in total. The molecule has 0 aromatic rings. The molecule has 808 valence electrons. The first kappa shape index (κ1) is 114. The third-order valence-electron chi connectivity index (χ3n) is 25.9. The largest absolute Gasteiger partial charge is 0.394 e. The fourth-order valence-electron chi connectivity index (χ4n) is 18.1. The molecule has 0 aliphatic carbocycles. The number of rotatable bonds is 36. The van der Waals surface area contributed by atoms with Crippen LogP contribution in [0.25, 0.3) is 0 Å². The highest BCUT2D eigenvalue weighted by Crippen LogP contribution is 2.44. The maximum atomic E-state index is 13.8. The van der Waals surface area contributed by atoms with Crippen LogP contribution < -0.4 is 10.6 Å². The van der Waals surface area contributed by atoms with Crippen LogP contribution in [0.1, 0.15) is 13.8 Å². The molecule has 12 aliphatic rings. The first-order chi connectivity index (χ1) is 66.0. The topological polar surface area (TPSA) is 999 Å². The zero-order valence-electron chi connectivity index (χ0n) is 73.4. The van der Waals surface area contributed by atoms with Crippen LogP contribution in [0.5, 0.6) is 0 Å². The molecule has 139 heavy (non-hydrogen) atoms. The predicted octanol–water partition coefficient (Wildman–Crippen LogP) is -26.9. The Morgan fingerprint density at radius 2 is 0.331 bits per heavy atom. The van der Waals surface area contributed by atoms with Crippen molar-refractivity contribution in [2.24, 2.45) is 0 Å². The minimum atomic E-state index is -2.68. The maximum Gasteiger partial charge on any atom is 0.217 e. The van der Waals surface area contributed by atoms with Gasteiger partial charge in [-0.05, 0) is 0 Å². The first-order valence-electron chi connectivity index (χ1n) is 44.2. The molecular weight excluding hydrogens is 1920 g/mol. The van der Waals surface area contributed by atoms with Gasteiger partial charge in [0.05, 0.1) is 79.3 Å². The number of carbonyl (C=O) groups is 2. The fraction of sp³-hybridized carbons (Fsp3) is 0.974. The van der Waals surface area contributed by atoms with Gasteiger partial charge in [0, 0.05) is 13.8 Å². The second-order valence-electron chi connectivity index (χ2n) is 35.1. The van der Waals surface area contributed by atoms with Crippen LogP contribution >= 0.6 is 0 Å². The summed E-state index contributed by atoms with van der Waals surface area (Å²) in [6, 6.07) is -4.15. The lowest BCUT2D eigenvalue weighted by atomic mass is 9.94. The summed E-state index contributed by atoms with van der Waals surface area (Å²) in [7, 11) is 0. The van der Waals surface area contributed by atoms with Gasteiger partial charge in [-0.1, -0.05) is 0 Å². The Bertz CT molecular complexity index is 3730. The van der Waals surface area contributed by atoms with E-state index in [0.29, 0.717) is 0 Å². The lowest BCUT2D eigenvalue weighted by Crippen LogP contribution is -2.71. The van der Waals surface area contributed by atoms with Gasteiger partial charge in [-0.25, -0.2) is 0 Å². The number of hydrogen-bond donors (Lipinski definition) is 38. The summed E-state index contributed by atoms with van der Waals surface area (Å²) < 4.78 is 139. The lowest BCUT2D eigenvalue weighted by molar-refractivity contribution is -0.425. The summed E-state index contributed by atoms with van der Waals surface area (Å²) in [5.41, 5.74) is 0. The summed E-state index contributed by atoms with van der Waals surface area (Å²) in [6.07, 6.45) is -135. The summed E-state index contributed by atoms with van der Waals surface area (Å²) in [5, 5.41) is 410. The third kappa shape index (κ3) is 24.2. The average molecular weight is 2050 g/mol. The third-order valence-corrected chi connectivity index (χ3v) is 25.9. The Balaban J connectivity index is 0.907. The highest BCUT2D eigenvalue weighted by atomic mass is 16.8. The van der Waals surface area contributed by atoms with Crippen LogP contribution in [-0.4, -0.2) is 643 Å². The highest BCUT2D eigenvalue weighted by molar-refractivity contribution is 5.73. The minimum Gasteiger partial charge on any atom is -0.394 e. The summed E-state index contributed by atoms with van der Waals surface area (Å²) in [6.45, 7) is -13.1. The van der Waals surface area contributed by atoms with E-state index in [-0.39, 0.29) is 0 Å². The van der Waals surface area contributed by atoms with E-state index in [9.17, 15) is 193 Å². The number of aliphatic hydroxyl groups excluding tert-OH is 36. The van der Waals surface area contributed by atoms with Gasteiger partial charge in [0.15, 0.2) is 75.5 Å². The molecule has 2 amide bonds. The summed E-state index contributed by atoms with van der Waals surface area (Å²) in [5.74, 6) is -2.09. The quantitative estimate of drug-likeness (QED) is 0.0277. The van der Waals surface area contributed by atoms with Crippen molar-refractivity contribution in [3.05, 3.63) is 0 Å². The van der Waals surface area contributed by atoms with Gasteiger partial charge in [0.25, 0.3) is 0 Å². The number of ether oxygens (including phenoxy) is 23. The van der Waals surface area contributed by atoms with Gasteiger partial charge in [0.1, 0.15) is 293 Å². The van der Waals surface area contributed by atoms with Crippen molar-refractivity contribution in [3.63, 3.8) is 0 Å². The van der Waals surface area contributed by atoms with Crippen molar-refractivity contribution in [1.29, 1.82) is 0 Å². The Labute approximate surface area is 784 Å². The monoisotopic (exact) mass is 2040 g/mol. The molecule has 0 aromatic carbocycles. The van der Waals surface area contributed by atoms with Gasteiger partial charge in [-0.3, -0.25) is 9.59 Å². The van der Waals surface area contributed by atoms with E-state index in [0.717, 1.165) is 13.8 Å². The molecule has 12 aliphatic heterocycles. The van der Waals surface area contributed by atoms with Crippen LogP contribution in [0, 0.1) is 0 Å². The average Bonchev–Trinajstić information content (AvgIpc) is 0.757. The van der Waals surface area contributed by atoms with Crippen LogP contribution in [0.3, 0.4) is 0 Å². The molecule has 60 atom stereocenters. The Morgan fingerprint density at radius 1 is 0.173 bits per heavy atom. The summed E-state index contributed by atoms with van der Waals surface area (Å²) >= 11 is 0. The van der Waals surface area contributed by atoms with E-state index in [1.807, 2.05) is 0 Å². The molecular formula is C76H128N2O61. The van der Waals surface area contributed by atoms with E-state index in [1.54, 1.807) is 0 Å². The molecule has 63 nitrogen and oxygen atoms in total. The number of amides is 2. The second kappa shape index (κ2) is 49.8. The van der Waals surface area contributed by atoms with Gasteiger partial charge in [-0.15, -0.1) is 0 Å². The molecule has 0 radical (unpaired) electrons. The van der Waals surface area contributed by atoms with Gasteiger partial charge < -0.3 is 303 Å². The maximum absolute atomic E-state index is 13.8. The van der Waals surface area contributed by atoms with E-state index in [1.165, 1.54) is 0 Å². The molecule has 12 fully saturated rings. The number of aliphatic hydroxyl groups is 36. The zero-order valence-corrected chi connectivity index (χ0v) is 73.4. The van der Waals surface area contributed by atoms with Crippen molar-refractivity contribution in [3.8, 4) is 0 Å². The molecule has 0 aromatic heterocycles. The molecule has 12 saturated heterocycles. The van der Waals surface area contributed by atoms with Crippen molar-refractivity contribution in [2.75, 3.05) is 79.3 Å². The van der Waals surface area contributed by atoms with Crippen molar-refractivity contribution in [2.45, 2.75) is 382 Å². The zero-order chi connectivity index (χ0) is 102. The molecule has 12 heterocycles. The van der Waals surface area contributed by atoms with Crippen molar-refractivity contribution in [1.82, 2.24) is 10.6 Å². The smallest absolute Gasteiger partial charge is 0.217 e. The summed E-state index contributed by atoms with van der Waals surface area (Å²) in [4.78, 5) is 26.4. The predicted molar refractivity (Wildman–Crippen MR) is 418 cm³/mol. The normalized spacial score (nSPS) is 51.9. The van der Waals surface area contributed by atoms with Crippen LogP contribution in [0.4, 0.5) is 0 Å². The van der Waals surface area contributed by atoms with E-state index >= 15 is 0 Å². The molecule has 0 bridgehead atoms. The number of carbonyl (C=O) groups excluding carboxylic acids is 2. The molecule has 0 saturated carbocycles. The fourth-order valence-corrected chi connectivity index (χ4v) is 18.1. The van der Waals surface area contributed by atoms with Gasteiger partial charge in [0.2, 0.25) is 11.8 Å². The van der Waals surface area contributed by atoms with E-state index < -0.39 is 459 Å². The minimum absolute atomic E-state index is 0.803. The van der Waals surface area contributed by atoms with Crippen LogP contribution in [0.2, 0.25) is 0 Å². The Kier molecular flexibility index (Phi) is 41.0. The Hall–Kier alpha value is -3.42. The highest BCUT2D eigenvalue weighted by Gasteiger charge is 2.65. The van der Waals surface area contributed by atoms with Crippen LogP contribution in [0.15, 0.2) is 0 Å². The standard InChI is InChI=1S/C76H128N2O61/c1-15(91)77-29-54(39(101)25(11-87)117-65(29)116)129-70-60(48(110)36(98)20(6-82)122-70)136-76-64(57(42(104)28(14-90)128-76)132-68-52(114)44(106)32(94)18(4-80)120-68)139-74-62(50(112)38(100)24(10-86)126-74)135-72-58(46(108)34(96)22(8-84)124-72)133-66-30(78-16(2)92)55(40(102)26(12-88)118-66)130-71-61(49(111)37(99)21(7-83)123-71)137-75-63(56(41(103)27(13-89)127-75)131-67-51(113)43(105)31(93)17(3-79)119-67)138-73-59(47(109)35(97)23(9-85)125-73)134-69-53(115)45(107)33(95)19(5-81)121-69/h17-76,79-90,93-116H,3-14H2,1-2H3,(H,77,91)(H,78,92)/t17-,18-,19-,20-,21-,22-,23-,24-,25-,26-,27-,28-,29-,30-,31-,32-,33-,34-,35-,36-,37-,38-,39-,40-,41-,42-,43+,44+,45+,46+,47+,48+,49+,50+,51-,52-,53+,54-,55-,56+,57+,58+,59+,60+,61+,62+,63+,64+,65-,66+,67-,68-,69+,70-,71-,72+,73-,74-,75-,76-/m1/s1. The number of nitrogens with one attached hydrogen (secondary N) is 2. The van der Waals surface area contributed by atoms with Gasteiger partial charge >= 0.3 is 0 Å². The second-order valence-corrected chi connectivity index (χ2v) is 35.1. The number of hydrogen-bond acceptors (Lipinski definition) is 61. The molecule has 0 unspecified atom stereocenters. The molecule has 63 heteroatoms. The van der Waals surface area contributed by atoms with E-state index in [4.69, 9.17) is 109 Å². The molecule has 0 spiro atoms. The van der Waals surface area contributed by atoms with Crippen molar-refractivity contribution < 1.29 is 302 Å². The van der Waals surface area contributed by atoms with Gasteiger partial charge in [-0.2, -0.15) is 0 Å². The van der Waals surface area contributed by atoms with E-state index in [2.05, 4.69) is 10.6 Å². The lowest BCUT2D eigenvalue weighted by Gasteiger charge is -2.52. The van der Waals surface area contributed by atoms with Crippen LogP contribution in [-0.2, 0) is 119 Å². The van der Waals surface area contributed by atoms with Crippen molar-refractivity contribution >= 4 is 11.8 Å². The SMILES string of the molecule is CC(=O)N[C@@H]1[C@@H](O[C@H]2O[C@H](CO)[C@@H](O)[C@H](O)[C@@H]2O[C@H]2O[C@H](CO)[C@@H](O)[C@H](O[C@H]3O[C@H](CO)[C@@H](O)[C@H](O)[C@H]3O)[C@@H]2O[C@H]2O[C@H](CO)[C@@H](O)[C@H](O)[C@@H]2O[C@@H]2O[C@H](CO)[C@@H](O)[C@H](O)[C@@H]2O[C@@H]2O[C@H](CO)[C@@H](O)[C@H](O[C@H]3O[C@H](CO)[C@@H](O)[C@H](O)[C@@H]3O[C@H]3O[C@H](CO)[C@@H](O)[C@H](O[C@H]4O[C@H](CO)[C@@H](O)[C@H](O)[C@H]4O)[C@@H]3O[C@H]3O[C@H](CO)[C@@H](O)[C@H](O)[C@@H]3O[C@@H]3O[C@H](CO)[C@@H](O)[C@H](O)[C@@H]3O)[C@H]2NC(C)=O)[C@H](O)[C@@H](CO)O[C@H]1O. The first-order valence-corrected chi connectivity index (χ1v) is 44.2. The Morgan fingerprint density at radius 3 is 0.576 bits per heavy atom.